The number of nitrogens with zero attached hydrogens (tertiary/aromatic N) is 2. The number of nitrogens with one attached hydrogen (secondary N) is 1. The molecule has 0 spiro atoms. The highest BCUT2D eigenvalue weighted by atomic mass is 35.5. The molecule has 0 bridgehead atoms. The summed E-state index contributed by atoms with van der Waals surface area (Å²) in [5.74, 6) is 2.64. The summed E-state index contributed by atoms with van der Waals surface area (Å²) in [6.07, 6.45) is 10.8. The zero-order valence-electron chi connectivity index (χ0n) is 10.4. The molecule has 102 valence electrons. The Bertz CT molecular complexity index is 347. The molecule has 0 radical (unpaired) electrons. The summed E-state index contributed by atoms with van der Waals surface area (Å²) < 4.78 is 0. The lowest BCUT2D eigenvalue weighted by Crippen LogP contribution is -2.28. The maximum atomic E-state index is 4.40. The van der Waals surface area contributed by atoms with Crippen molar-refractivity contribution in [2.24, 2.45) is 17.8 Å². The van der Waals surface area contributed by atoms with Crippen LogP contribution < -0.4 is 5.32 Å². The number of hydrogen-bond acceptors (Lipinski definition) is 3. The minimum Gasteiger partial charge on any atom is -0.316 e. The standard InChI is InChI=1S/C13H19N3.2ClH/c1-2-10(6-12-8-14-4-5-16-12)13-9-15-7-11(13)3-1;;/h4-5,8,10-11,13,15H,1-3,6-7,9H2;2*1H. The Hall–Kier alpha value is -0.380. The molecule has 1 aromatic heterocycles. The summed E-state index contributed by atoms with van der Waals surface area (Å²) in [4.78, 5) is 8.56. The lowest BCUT2D eigenvalue weighted by Gasteiger charge is -2.32. The maximum Gasteiger partial charge on any atom is 0.0589 e. The predicted octanol–water partition coefficient (Wildman–Crippen LogP) is 2.50. The first-order chi connectivity index (χ1) is 7.93. The number of aromatic nitrogens is 2. The number of fused-ring (bicyclic) bond motifs is 1. The largest absolute Gasteiger partial charge is 0.316 e. The van der Waals surface area contributed by atoms with Crippen molar-refractivity contribution >= 4 is 24.8 Å². The van der Waals surface area contributed by atoms with Gasteiger partial charge in [-0.1, -0.05) is 6.42 Å². The molecule has 1 N–H and O–H groups in total. The van der Waals surface area contributed by atoms with Gasteiger partial charge in [0.2, 0.25) is 0 Å². The van der Waals surface area contributed by atoms with Crippen LogP contribution >= 0.6 is 24.8 Å². The lowest BCUT2D eigenvalue weighted by molar-refractivity contribution is 0.197. The van der Waals surface area contributed by atoms with E-state index in [9.17, 15) is 0 Å². The van der Waals surface area contributed by atoms with Crippen molar-refractivity contribution in [1.29, 1.82) is 0 Å². The van der Waals surface area contributed by atoms with Crippen LogP contribution in [-0.2, 0) is 6.42 Å². The topological polar surface area (TPSA) is 37.8 Å². The van der Waals surface area contributed by atoms with E-state index in [1.165, 1.54) is 38.0 Å². The molecule has 2 heterocycles. The predicted molar refractivity (Wildman–Crippen MR) is 77.4 cm³/mol. The molecule has 3 rings (SSSR count). The summed E-state index contributed by atoms with van der Waals surface area (Å²) in [7, 11) is 0. The Labute approximate surface area is 121 Å². The van der Waals surface area contributed by atoms with Crippen LogP contribution in [0.3, 0.4) is 0 Å². The van der Waals surface area contributed by atoms with Gasteiger partial charge in [-0.05, 0) is 50.1 Å². The van der Waals surface area contributed by atoms with Crippen LogP contribution in [0.4, 0.5) is 0 Å². The first kappa shape index (κ1) is 15.7. The van der Waals surface area contributed by atoms with Gasteiger partial charge in [-0.25, -0.2) is 0 Å². The van der Waals surface area contributed by atoms with Crippen molar-refractivity contribution in [3.05, 3.63) is 24.3 Å². The zero-order valence-corrected chi connectivity index (χ0v) is 12.1. The van der Waals surface area contributed by atoms with E-state index in [0.29, 0.717) is 0 Å². The second-order valence-electron chi connectivity index (χ2n) is 5.17. The molecule has 2 fully saturated rings. The lowest BCUT2D eigenvalue weighted by atomic mass is 9.72. The van der Waals surface area contributed by atoms with Crippen LogP contribution in [0.5, 0.6) is 0 Å². The SMILES string of the molecule is Cl.Cl.c1cnc(CC2CCCC3CNCC32)cn1. The fraction of sp³-hybridized carbons (Fsp3) is 0.692. The summed E-state index contributed by atoms with van der Waals surface area (Å²) in [5.41, 5.74) is 1.17. The quantitative estimate of drug-likeness (QED) is 0.909. The van der Waals surface area contributed by atoms with Crippen LogP contribution in [0.2, 0.25) is 0 Å². The van der Waals surface area contributed by atoms with E-state index in [-0.39, 0.29) is 24.8 Å². The average Bonchev–Trinajstić information content (AvgIpc) is 2.80. The molecule has 3 atom stereocenters. The average molecular weight is 290 g/mol. The molecule has 0 amide bonds. The highest BCUT2D eigenvalue weighted by Gasteiger charge is 2.36. The van der Waals surface area contributed by atoms with Crippen LogP contribution in [-0.4, -0.2) is 23.1 Å². The van der Waals surface area contributed by atoms with E-state index >= 15 is 0 Å². The number of rotatable bonds is 2. The molecule has 1 aliphatic heterocycles. The van der Waals surface area contributed by atoms with Crippen molar-refractivity contribution in [1.82, 2.24) is 15.3 Å². The molecule has 1 aliphatic carbocycles. The molecular weight excluding hydrogens is 269 g/mol. The molecule has 3 unspecified atom stereocenters. The fourth-order valence-corrected chi connectivity index (χ4v) is 3.43. The molecular formula is C13H21Cl2N3. The first-order valence-corrected chi connectivity index (χ1v) is 6.39. The van der Waals surface area contributed by atoms with E-state index in [0.717, 1.165) is 24.2 Å². The van der Waals surface area contributed by atoms with E-state index in [2.05, 4.69) is 15.3 Å². The van der Waals surface area contributed by atoms with Crippen molar-refractivity contribution in [2.75, 3.05) is 13.1 Å². The second kappa shape index (κ2) is 7.27. The molecule has 3 nitrogen and oxygen atoms in total. The summed E-state index contributed by atoms with van der Waals surface area (Å²) in [5, 5.41) is 3.54. The molecule has 5 heteroatoms. The van der Waals surface area contributed by atoms with Crippen LogP contribution in [0.25, 0.3) is 0 Å². The van der Waals surface area contributed by atoms with Crippen molar-refractivity contribution in [3.8, 4) is 0 Å². The van der Waals surface area contributed by atoms with E-state index < -0.39 is 0 Å². The summed E-state index contributed by atoms with van der Waals surface area (Å²) >= 11 is 0. The Kier molecular flexibility index (Phi) is 6.33. The Morgan fingerprint density at radius 2 is 2.06 bits per heavy atom. The Balaban J connectivity index is 0.000000810. The van der Waals surface area contributed by atoms with Gasteiger partial charge in [0.25, 0.3) is 0 Å². The third kappa shape index (κ3) is 3.34. The smallest absolute Gasteiger partial charge is 0.0589 e. The Morgan fingerprint density at radius 1 is 1.17 bits per heavy atom. The molecule has 0 aromatic carbocycles. The van der Waals surface area contributed by atoms with Gasteiger partial charge in [0, 0.05) is 18.6 Å². The zero-order chi connectivity index (χ0) is 10.8. The van der Waals surface area contributed by atoms with Gasteiger partial charge in [0.1, 0.15) is 0 Å². The molecule has 1 aromatic rings. The molecule has 18 heavy (non-hydrogen) atoms. The van der Waals surface area contributed by atoms with Gasteiger partial charge in [-0.3, -0.25) is 9.97 Å². The van der Waals surface area contributed by atoms with Gasteiger partial charge < -0.3 is 5.32 Å². The van der Waals surface area contributed by atoms with Crippen LogP contribution in [0, 0.1) is 17.8 Å². The van der Waals surface area contributed by atoms with Gasteiger partial charge in [-0.2, -0.15) is 0 Å². The fourth-order valence-electron chi connectivity index (χ4n) is 3.43. The highest BCUT2D eigenvalue weighted by Crippen LogP contribution is 2.38. The second-order valence-corrected chi connectivity index (χ2v) is 5.17. The highest BCUT2D eigenvalue weighted by molar-refractivity contribution is 5.85. The maximum absolute atomic E-state index is 4.40. The first-order valence-electron chi connectivity index (χ1n) is 6.39. The van der Waals surface area contributed by atoms with Crippen molar-refractivity contribution < 1.29 is 0 Å². The van der Waals surface area contributed by atoms with Crippen molar-refractivity contribution in [3.63, 3.8) is 0 Å². The molecule has 1 saturated heterocycles. The van der Waals surface area contributed by atoms with Crippen molar-refractivity contribution in [2.45, 2.75) is 25.7 Å². The van der Waals surface area contributed by atoms with Gasteiger partial charge in [0.15, 0.2) is 0 Å². The third-order valence-electron chi connectivity index (χ3n) is 4.24. The number of hydrogen-bond donors (Lipinski definition) is 1. The number of halogens is 2. The van der Waals surface area contributed by atoms with Gasteiger partial charge in [-0.15, -0.1) is 24.8 Å². The summed E-state index contributed by atoms with van der Waals surface area (Å²) in [6.45, 7) is 2.46. The van der Waals surface area contributed by atoms with E-state index in [1.807, 2.05) is 12.4 Å². The van der Waals surface area contributed by atoms with E-state index in [1.54, 1.807) is 6.20 Å². The van der Waals surface area contributed by atoms with E-state index in [4.69, 9.17) is 0 Å². The normalized spacial score (nSPS) is 29.9. The third-order valence-corrected chi connectivity index (χ3v) is 4.24. The van der Waals surface area contributed by atoms with Gasteiger partial charge >= 0.3 is 0 Å². The molecule has 2 aliphatic rings. The summed E-state index contributed by atoms with van der Waals surface area (Å²) in [6, 6.07) is 0. The van der Waals surface area contributed by atoms with Crippen LogP contribution in [0.15, 0.2) is 18.6 Å². The Morgan fingerprint density at radius 3 is 2.83 bits per heavy atom. The minimum atomic E-state index is 0. The molecule has 1 saturated carbocycles. The van der Waals surface area contributed by atoms with Crippen LogP contribution in [0.1, 0.15) is 25.0 Å². The minimum absolute atomic E-state index is 0. The van der Waals surface area contributed by atoms with Gasteiger partial charge in [0.05, 0.1) is 5.69 Å². The monoisotopic (exact) mass is 289 g/mol.